The fourth-order valence-corrected chi connectivity index (χ4v) is 4.86. The Labute approximate surface area is 165 Å². The molecular formula is C21H28N6O. The molecule has 5 atom stereocenters. The number of aromatic nitrogens is 2. The van der Waals surface area contributed by atoms with Crippen molar-refractivity contribution in [2.24, 2.45) is 5.92 Å². The van der Waals surface area contributed by atoms with Crippen LogP contribution in [0.15, 0.2) is 36.7 Å². The first-order valence-electron chi connectivity index (χ1n) is 10.2. The van der Waals surface area contributed by atoms with Crippen LogP contribution in [0.2, 0.25) is 0 Å². The molecule has 3 fully saturated rings. The summed E-state index contributed by atoms with van der Waals surface area (Å²) in [5, 5.41) is 13.6. The molecule has 148 valence electrons. The number of aryl methyl sites for hydroxylation is 1. The third kappa shape index (κ3) is 3.28. The van der Waals surface area contributed by atoms with E-state index in [1.807, 2.05) is 18.5 Å². The van der Waals surface area contributed by atoms with Crippen LogP contribution < -0.4 is 21.1 Å². The average molecular weight is 380 g/mol. The fraction of sp³-hybridized carbons (Fsp3) is 0.524. The van der Waals surface area contributed by atoms with Gasteiger partial charge < -0.3 is 15.3 Å². The van der Waals surface area contributed by atoms with Crippen molar-refractivity contribution in [3.63, 3.8) is 0 Å². The van der Waals surface area contributed by atoms with Crippen LogP contribution in [-0.2, 0) is 0 Å². The maximum Gasteiger partial charge on any atom is 0.131 e. The molecule has 7 nitrogen and oxygen atoms in total. The van der Waals surface area contributed by atoms with Crippen LogP contribution in [-0.4, -0.2) is 46.9 Å². The number of aliphatic hydroxyl groups is 1. The Balaban J connectivity index is 1.39. The van der Waals surface area contributed by atoms with Crippen LogP contribution in [0, 0.1) is 12.8 Å². The molecule has 2 aromatic heterocycles. The minimum absolute atomic E-state index is 0.179. The van der Waals surface area contributed by atoms with E-state index in [2.05, 4.69) is 51.2 Å². The van der Waals surface area contributed by atoms with E-state index in [0.29, 0.717) is 24.5 Å². The van der Waals surface area contributed by atoms with E-state index in [9.17, 15) is 5.11 Å². The summed E-state index contributed by atoms with van der Waals surface area (Å²) in [6.07, 6.45) is 5.39. The molecule has 0 saturated carbocycles. The molecule has 28 heavy (non-hydrogen) atoms. The van der Waals surface area contributed by atoms with Gasteiger partial charge in [0, 0.05) is 50.0 Å². The van der Waals surface area contributed by atoms with Crippen molar-refractivity contribution in [1.82, 2.24) is 26.1 Å². The van der Waals surface area contributed by atoms with Gasteiger partial charge in [-0.05, 0) is 43.0 Å². The quantitative estimate of drug-likeness (QED) is 0.637. The van der Waals surface area contributed by atoms with Crippen LogP contribution in [0.25, 0.3) is 0 Å². The number of hydrogen-bond donors (Lipinski definition) is 4. The molecular weight excluding hydrogens is 352 g/mol. The largest absolute Gasteiger partial charge is 0.391 e. The SMILES string of the molecule is Cc1ccc(C2NNC3CNC(c4cccnc4)CC32)nc1N1CC[C@@H](O)C1. The van der Waals surface area contributed by atoms with Gasteiger partial charge in [0.1, 0.15) is 5.82 Å². The van der Waals surface area contributed by atoms with Gasteiger partial charge in [-0.15, -0.1) is 0 Å². The van der Waals surface area contributed by atoms with Crippen molar-refractivity contribution >= 4 is 5.82 Å². The Kier molecular flexibility index (Phi) is 4.76. The molecule has 5 rings (SSSR count). The van der Waals surface area contributed by atoms with E-state index in [1.165, 1.54) is 11.1 Å². The number of nitrogens with zero attached hydrogens (tertiary/aromatic N) is 3. The summed E-state index contributed by atoms with van der Waals surface area (Å²) < 4.78 is 0. The molecule has 0 aliphatic carbocycles. The van der Waals surface area contributed by atoms with E-state index in [0.717, 1.165) is 37.4 Å². The zero-order chi connectivity index (χ0) is 19.1. The van der Waals surface area contributed by atoms with Crippen molar-refractivity contribution in [1.29, 1.82) is 0 Å². The van der Waals surface area contributed by atoms with E-state index in [1.54, 1.807) is 0 Å². The van der Waals surface area contributed by atoms with E-state index in [4.69, 9.17) is 4.98 Å². The van der Waals surface area contributed by atoms with Gasteiger partial charge in [0.15, 0.2) is 0 Å². The predicted molar refractivity (Wildman–Crippen MR) is 108 cm³/mol. The van der Waals surface area contributed by atoms with Crippen molar-refractivity contribution in [2.45, 2.75) is 44.0 Å². The van der Waals surface area contributed by atoms with Gasteiger partial charge in [-0.25, -0.2) is 10.4 Å². The minimum atomic E-state index is -0.245. The molecule has 4 unspecified atom stereocenters. The van der Waals surface area contributed by atoms with Crippen molar-refractivity contribution in [2.75, 3.05) is 24.5 Å². The number of fused-ring (bicyclic) bond motifs is 1. The molecule has 5 heterocycles. The zero-order valence-electron chi connectivity index (χ0n) is 16.2. The van der Waals surface area contributed by atoms with Crippen molar-refractivity contribution < 1.29 is 5.11 Å². The number of pyridine rings is 2. The van der Waals surface area contributed by atoms with E-state index >= 15 is 0 Å². The van der Waals surface area contributed by atoms with Gasteiger partial charge in [0.05, 0.1) is 17.8 Å². The summed E-state index contributed by atoms with van der Waals surface area (Å²) in [7, 11) is 0. The highest BCUT2D eigenvalue weighted by Crippen LogP contribution is 2.38. The van der Waals surface area contributed by atoms with Crippen molar-refractivity contribution in [3.05, 3.63) is 53.5 Å². The first-order valence-corrected chi connectivity index (χ1v) is 10.2. The molecule has 0 radical (unpaired) electrons. The maximum absolute atomic E-state index is 9.92. The fourth-order valence-electron chi connectivity index (χ4n) is 4.86. The number of piperidine rings is 1. The average Bonchev–Trinajstić information content (AvgIpc) is 3.35. The lowest BCUT2D eigenvalue weighted by Crippen LogP contribution is -2.46. The second kappa shape index (κ2) is 7.40. The first-order chi connectivity index (χ1) is 13.7. The summed E-state index contributed by atoms with van der Waals surface area (Å²) in [4.78, 5) is 11.5. The lowest BCUT2D eigenvalue weighted by atomic mass is 9.81. The Bertz CT molecular complexity index is 831. The Hall–Kier alpha value is -2.06. The molecule has 0 amide bonds. The van der Waals surface area contributed by atoms with Gasteiger partial charge >= 0.3 is 0 Å². The molecule has 0 bridgehead atoms. The summed E-state index contributed by atoms with van der Waals surface area (Å²) in [6.45, 7) is 4.56. The number of aliphatic hydroxyl groups excluding tert-OH is 1. The molecule has 3 aliphatic heterocycles. The number of rotatable bonds is 3. The topological polar surface area (TPSA) is 85.3 Å². The predicted octanol–water partition coefficient (Wildman–Crippen LogP) is 1.22. The van der Waals surface area contributed by atoms with E-state index < -0.39 is 0 Å². The van der Waals surface area contributed by atoms with Crippen LogP contribution in [0.4, 0.5) is 5.82 Å². The monoisotopic (exact) mass is 380 g/mol. The second-order valence-electron chi connectivity index (χ2n) is 8.28. The summed E-state index contributed by atoms with van der Waals surface area (Å²) in [5.41, 5.74) is 10.5. The standard InChI is InChI=1S/C21H28N6O/c1-13-4-5-17(24-21(13)27-8-6-15(28)12-27)20-16-9-18(14-3-2-7-22-10-14)23-11-19(16)25-26-20/h2-5,7,10,15-16,18-20,23,25-26,28H,6,8-9,11-12H2,1H3/t15-,16?,18?,19?,20?/m1/s1. The minimum Gasteiger partial charge on any atom is -0.391 e. The third-order valence-corrected chi connectivity index (χ3v) is 6.42. The number of anilines is 1. The highest BCUT2D eigenvalue weighted by atomic mass is 16.3. The number of β-amino-alcohol motifs (C(OH)–C–C–N with tert-alkyl or cyclic N) is 1. The maximum atomic E-state index is 9.92. The van der Waals surface area contributed by atoms with Gasteiger partial charge in [-0.1, -0.05) is 12.1 Å². The van der Waals surface area contributed by atoms with Crippen LogP contribution in [0.3, 0.4) is 0 Å². The highest BCUT2D eigenvalue weighted by molar-refractivity contribution is 5.48. The Morgan fingerprint density at radius 3 is 2.93 bits per heavy atom. The number of nitrogens with one attached hydrogen (secondary N) is 3. The highest BCUT2D eigenvalue weighted by Gasteiger charge is 2.42. The smallest absolute Gasteiger partial charge is 0.131 e. The summed E-state index contributed by atoms with van der Waals surface area (Å²) in [6, 6.07) is 9.35. The number of hydrogen-bond acceptors (Lipinski definition) is 7. The molecule has 2 aromatic rings. The van der Waals surface area contributed by atoms with Crippen molar-refractivity contribution in [3.8, 4) is 0 Å². The van der Waals surface area contributed by atoms with Gasteiger partial charge in [0.25, 0.3) is 0 Å². The zero-order valence-corrected chi connectivity index (χ0v) is 16.2. The lowest BCUT2D eigenvalue weighted by Gasteiger charge is -2.34. The molecule has 7 heteroatoms. The third-order valence-electron chi connectivity index (χ3n) is 6.42. The molecule has 3 saturated heterocycles. The number of hydrazine groups is 1. The van der Waals surface area contributed by atoms with E-state index in [-0.39, 0.29) is 12.1 Å². The normalized spacial score (nSPS) is 32.5. The molecule has 4 N–H and O–H groups in total. The Morgan fingerprint density at radius 2 is 2.14 bits per heavy atom. The van der Waals surface area contributed by atoms with Gasteiger partial charge in [-0.2, -0.15) is 0 Å². The summed E-state index contributed by atoms with van der Waals surface area (Å²) >= 11 is 0. The second-order valence-corrected chi connectivity index (χ2v) is 8.28. The van der Waals surface area contributed by atoms with Crippen LogP contribution in [0.5, 0.6) is 0 Å². The first kappa shape index (κ1) is 18.0. The Morgan fingerprint density at radius 1 is 1.21 bits per heavy atom. The molecule has 3 aliphatic rings. The molecule has 0 aromatic carbocycles. The van der Waals surface area contributed by atoms with Gasteiger partial charge in [-0.3, -0.25) is 10.4 Å². The van der Waals surface area contributed by atoms with Crippen LogP contribution in [0.1, 0.15) is 41.7 Å². The van der Waals surface area contributed by atoms with Crippen LogP contribution >= 0.6 is 0 Å². The lowest BCUT2D eigenvalue weighted by molar-refractivity contribution is 0.198. The summed E-state index contributed by atoms with van der Waals surface area (Å²) in [5.74, 6) is 1.47. The van der Waals surface area contributed by atoms with Gasteiger partial charge in [0.2, 0.25) is 0 Å². The molecule has 0 spiro atoms.